The fourth-order valence-corrected chi connectivity index (χ4v) is 13.8. The normalized spacial score (nSPS) is 53.7. The average molecular weight is 933 g/mol. The van der Waals surface area contributed by atoms with Gasteiger partial charge >= 0.3 is 0 Å². The Balaban J connectivity index is 0.871. The minimum atomic E-state index is -1.76. The molecule has 4 heterocycles. The zero-order valence-electron chi connectivity index (χ0n) is 38.0. The molecule has 0 bridgehead atoms. The van der Waals surface area contributed by atoms with E-state index in [0.29, 0.717) is 50.0 Å². The number of fused-ring (bicyclic) bond motifs is 7. The molecular formula is C46H76O19. The molecule has 8 aliphatic rings. The zero-order chi connectivity index (χ0) is 46.9. The first-order valence-corrected chi connectivity index (χ1v) is 24.0. The van der Waals surface area contributed by atoms with Gasteiger partial charge in [0.05, 0.1) is 38.6 Å². The molecule has 4 aliphatic carbocycles. The third-order valence-electron chi connectivity index (χ3n) is 17.7. The highest BCUT2D eigenvalue weighted by Crippen LogP contribution is 2.70. The number of aliphatic hydroxyl groups excluding tert-OH is 11. The van der Waals surface area contributed by atoms with Gasteiger partial charge in [-0.2, -0.15) is 0 Å². The largest absolute Gasteiger partial charge is 0.394 e. The van der Waals surface area contributed by atoms with Crippen molar-refractivity contribution in [2.75, 3.05) is 33.0 Å². The highest BCUT2D eigenvalue weighted by molar-refractivity contribution is 5.26. The number of aliphatic hydroxyl groups is 12. The van der Waals surface area contributed by atoms with E-state index >= 15 is 0 Å². The molecule has 0 aromatic rings. The van der Waals surface area contributed by atoms with Crippen molar-refractivity contribution in [1.29, 1.82) is 0 Å². The Labute approximate surface area is 380 Å². The van der Waals surface area contributed by atoms with Gasteiger partial charge in [-0.1, -0.05) is 39.3 Å². The van der Waals surface area contributed by atoms with Crippen LogP contribution in [0.5, 0.6) is 0 Å². The zero-order valence-corrected chi connectivity index (χ0v) is 38.0. The molecule has 8 rings (SSSR count). The van der Waals surface area contributed by atoms with Crippen LogP contribution in [-0.2, 0) is 33.2 Å². The molecule has 0 unspecified atom stereocenters. The van der Waals surface area contributed by atoms with Crippen molar-refractivity contribution in [3.05, 3.63) is 11.6 Å². The van der Waals surface area contributed by atoms with E-state index in [1.54, 1.807) is 0 Å². The lowest BCUT2D eigenvalue weighted by atomic mass is 9.47. The van der Waals surface area contributed by atoms with Crippen molar-refractivity contribution in [1.82, 2.24) is 0 Å². The maximum absolute atomic E-state index is 12.1. The van der Waals surface area contributed by atoms with Crippen molar-refractivity contribution >= 4 is 0 Å². The van der Waals surface area contributed by atoms with Crippen molar-refractivity contribution in [2.45, 2.75) is 195 Å². The predicted molar refractivity (Wildman–Crippen MR) is 224 cm³/mol. The second-order valence-corrected chi connectivity index (χ2v) is 21.4. The number of ether oxygens (including phenoxy) is 7. The second-order valence-electron chi connectivity index (χ2n) is 21.4. The molecule has 0 spiro atoms. The monoisotopic (exact) mass is 932 g/mol. The van der Waals surface area contributed by atoms with Gasteiger partial charge in [0, 0.05) is 18.9 Å². The van der Waals surface area contributed by atoms with Crippen LogP contribution < -0.4 is 0 Å². The van der Waals surface area contributed by atoms with Crippen LogP contribution in [0.1, 0.15) is 85.5 Å². The van der Waals surface area contributed by atoms with Gasteiger partial charge < -0.3 is 94.4 Å². The van der Waals surface area contributed by atoms with Crippen molar-refractivity contribution in [3.8, 4) is 0 Å². The summed E-state index contributed by atoms with van der Waals surface area (Å²) in [6.07, 6.45) is -12.3. The van der Waals surface area contributed by atoms with Crippen molar-refractivity contribution in [3.63, 3.8) is 0 Å². The average Bonchev–Trinajstić information content (AvgIpc) is 3.72. The number of allylic oxidation sites excluding steroid dienone is 1. The second kappa shape index (κ2) is 19.6. The first kappa shape index (κ1) is 50.4. The van der Waals surface area contributed by atoms with E-state index in [0.717, 1.165) is 32.1 Å². The van der Waals surface area contributed by atoms with E-state index in [-0.39, 0.29) is 47.4 Å². The molecule has 7 fully saturated rings. The highest BCUT2D eigenvalue weighted by Gasteiger charge is 2.68. The number of rotatable bonds is 14. The molecule has 0 radical (unpaired) electrons. The lowest BCUT2D eigenvalue weighted by Crippen LogP contribution is -2.65. The van der Waals surface area contributed by atoms with Crippen molar-refractivity contribution < 1.29 is 94.4 Å². The SMILES string of the molecule is C[C@H](CC[C@@]1(O)O[C@H]2C[C@H]3[C@@H]4CC=C5C[C@@H](O[C@@H]6O[C@H](CO)[C@@H](O)[C@H](O)[C@H]6O[C@@H]6O[C@H](CO)[C@@H](O)[C@H](O)[C@H]6O)CC[C@]5(C)[C@H]4CC[C@]3(C)[C@H]2[C@@H]1C)COC[C@@H]1O[C@H](CO)[C@@H](O)[C@H](O)[C@H]1O. The molecule has 12 N–H and O–H groups in total. The summed E-state index contributed by atoms with van der Waals surface area (Å²) in [6.45, 7) is 7.42. The Morgan fingerprint density at radius 2 is 1.34 bits per heavy atom. The Morgan fingerprint density at radius 3 is 2.02 bits per heavy atom. The van der Waals surface area contributed by atoms with Crippen LogP contribution in [0.2, 0.25) is 0 Å². The summed E-state index contributed by atoms with van der Waals surface area (Å²) < 4.78 is 42.0. The molecule has 4 saturated heterocycles. The smallest absolute Gasteiger partial charge is 0.187 e. The van der Waals surface area contributed by atoms with Crippen molar-refractivity contribution in [2.24, 2.45) is 46.3 Å². The third-order valence-corrected chi connectivity index (χ3v) is 17.7. The van der Waals surface area contributed by atoms with E-state index in [2.05, 4.69) is 26.8 Å². The summed E-state index contributed by atoms with van der Waals surface area (Å²) >= 11 is 0. The van der Waals surface area contributed by atoms with Gasteiger partial charge in [-0.3, -0.25) is 0 Å². The molecule has 65 heavy (non-hydrogen) atoms. The molecule has 4 aliphatic heterocycles. The molecule has 0 aromatic heterocycles. The van der Waals surface area contributed by atoms with Crippen LogP contribution in [0, 0.1) is 46.3 Å². The van der Waals surface area contributed by atoms with E-state index in [1.165, 1.54) is 5.57 Å². The van der Waals surface area contributed by atoms with Gasteiger partial charge in [0.15, 0.2) is 18.4 Å². The van der Waals surface area contributed by atoms with Crippen LogP contribution >= 0.6 is 0 Å². The Kier molecular flexibility index (Phi) is 15.2. The summed E-state index contributed by atoms with van der Waals surface area (Å²) in [5.41, 5.74) is 1.20. The first-order valence-electron chi connectivity index (χ1n) is 24.0. The minimum Gasteiger partial charge on any atom is -0.394 e. The van der Waals surface area contributed by atoms with Gasteiger partial charge in [0.2, 0.25) is 0 Å². The molecule has 19 nitrogen and oxygen atoms in total. The van der Waals surface area contributed by atoms with Gasteiger partial charge in [-0.15, -0.1) is 0 Å². The lowest BCUT2D eigenvalue weighted by Gasteiger charge is -2.58. The Hall–Kier alpha value is -1.02. The van der Waals surface area contributed by atoms with E-state index in [4.69, 9.17) is 33.2 Å². The third kappa shape index (κ3) is 9.04. The highest BCUT2D eigenvalue weighted by atomic mass is 16.8. The fraction of sp³-hybridized carbons (Fsp3) is 0.957. The van der Waals surface area contributed by atoms with Crippen LogP contribution in [0.4, 0.5) is 0 Å². The standard InChI is InChI=1S/C46H76O19/c1-20(18-59-19-31-36(53)37(54)33(50)28(15-47)61-31)7-12-46(58)21(2)32-27(65-46)14-26-24-6-5-22-13-23(8-10-44(22,3)25(24)9-11-45(26,32)4)60-43-41(39(56)35(52)30(17-49)63-43)64-42-40(57)38(55)34(51)29(16-48)62-42/h5,20-21,23-43,47-58H,6-19H2,1-4H3/t20-,21+,23+,24-,25+,26+,27+,28-,29-,30-,31+,32+,33-,34-,35-,36+,37+,38+,39+,40-,41-,42+,43-,44+,45+,46-/m1/s1. The topological polar surface area (TPSA) is 307 Å². The van der Waals surface area contributed by atoms with E-state index < -0.39 is 118 Å². The molecule has 0 aromatic carbocycles. The van der Waals surface area contributed by atoms with Crippen LogP contribution in [-0.4, -0.2) is 204 Å². The summed E-state index contributed by atoms with van der Waals surface area (Å²) in [5, 5.41) is 125. The molecule has 19 heteroatoms. The lowest BCUT2D eigenvalue weighted by molar-refractivity contribution is -0.372. The Bertz CT molecular complexity index is 1640. The number of hydrogen-bond donors (Lipinski definition) is 12. The molecule has 374 valence electrons. The summed E-state index contributed by atoms with van der Waals surface area (Å²) in [4.78, 5) is 0. The summed E-state index contributed by atoms with van der Waals surface area (Å²) in [6, 6.07) is 0. The van der Waals surface area contributed by atoms with Crippen LogP contribution in [0.25, 0.3) is 0 Å². The maximum Gasteiger partial charge on any atom is 0.187 e. The van der Waals surface area contributed by atoms with Crippen LogP contribution in [0.3, 0.4) is 0 Å². The first-order chi connectivity index (χ1) is 30.8. The van der Waals surface area contributed by atoms with Gasteiger partial charge in [0.1, 0.15) is 79.4 Å². The Morgan fingerprint density at radius 1 is 0.723 bits per heavy atom. The summed E-state index contributed by atoms with van der Waals surface area (Å²) in [5.74, 6) is 0.172. The summed E-state index contributed by atoms with van der Waals surface area (Å²) in [7, 11) is 0. The fourth-order valence-electron chi connectivity index (χ4n) is 13.8. The van der Waals surface area contributed by atoms with Crippen LogP contribution in [0.15, 0.2) is 11.6 Å². The quantitative estimate of drug-likeness (QED) is 0.0854. The van der Waals surface area contributed by atoms with E-state index in [9.17, 15) is 61.3 Å². The molecular weight excluding hydrogens is 856 g/mol. The minimum absolute atomic E-state index is 0.0131. The molecule has 3 saturated carbocycles. The number of hydrogen-bond acceptors (Lipinski definition) is 19. The molecule has 26 atom stereocenters. The predicted octanol–water partition coefficient (Wildman–Crippen LogP) is -1.82. The maximum atomic E-state index is 12.1. The van der Waals surface area contributed by atoms with Gasteiger partial charge in [0.25, 0.3) is 0 Å². The van der Waals surface area contributed by atoms with Gasteiger partial charge in [-0.25, -0.2) is 0 Å². The molecule has 0 amide bonds. The van der Waals surface area contributed by atoms with E-state index in [1.807, 2.05) is 6.92 Å². The van der Waals surface area contributed by atoms with Gasteiger partial charge in [-0.05, 0) is 91.8 Å².